The molecule has 1 atom stereocenters. The molecule has 0 aromatic heterocycles. The van der Waals surface area contributed by atoms with Gasteiger partial charge in [0.1, 0.15) is 0 Å². The van der Waals surface area contributed by atoms with Gasteiger partial charge in [0.15, 0.2) is 0 Å². The maximum Gasteiger partial charge on any atom is 0.0753 e. The second-order valence-corrected chi connectivity index (χ2v) is 2.52. The molecule has 0 bridgehead atoms. The second-order valence-electron chi connectivity index (χ2n) is 2.52. The molecule has 1 unspecified atom stereocenters. The van der Waals surface area contributed by atoms with E-state index in [2.05, 4.69) is 6.92 Å². The van der Waals surface area contributed by atoms with Gasteiger partial charge in [0.05, 0.1) is 6.10 Å². The molecule has 8 heavy (non-hydrogen) atoms. The van der Waals surface area contributed by atoms with E-state index in [-0.39, 0.29) is 6.10 Å². The van der Waals surface area contributed by atoms with Crippen LogP contribution in [0.5, 0.6) is 0 Å². The highest BCUT2D eigenvalue weighted by molar-refractivity contribution is 5.19. The summed E-state index contributed by atoms with van der Waals surface area (Å²) in [6.07, 6.45) is 1.90. The Bertz CT molecular complexity index is 124. The van der Waals surface area contributed by atoms with Crippen LogP contribution in [-0.2, 0) is 0 Å². The Morgan fingerprint density at radius 2 is 2.12 bits per heavy atom. The van der Waals surface area contributed by atoms with Gasteiger partial charge in [0, 0.05) is 0 Å². The lowest BCUT2D eigenvalue weighted by atomic mass is 10.2. The van der Waals surface area contributed by atoms with Crippen LogP contribution in [0.2, 0.25) is 0 Å². The smallest absolute Gasteiger partial charge is 0.0753 e. The summed E-state index contributed by atoms with van der Waals surface area (Å²) in [7, 11) is 0. The van der Waals surface area contributed by atoms with E-state index in [1.165, 1.54) is 11.1 Å². The maximum atomic E-state index is 9.11. The Kier molecular flexibility index (Phi) is 1.39. The fraction of sp³-hybridized carbons (Fsp3) is 0.714. The van der Waals surface area contributed by atoms with E-state index in [1.54, 1.807) is 0 Å². The molecule has 0 spiro atoms. The molecule has 1 aliphatic carbocycles. The topological polar surface area (TPSA) is 20.2 Å². The average Bonchev–Trinajstić information content (AvgIpc) is 1.98. The minimum Gasteiger partial charge on any atom is -0.389 e. The van der Waals surface area contributed by atoms with Crippen molar-refractivity contribution in [1.82, 2.24) is 0 Å². The standard InChI is InChI=1S/C7H12O/c1-5-3-4-7(8)6(5)2/h7-8H,3-4H2,1-2H3. The van der Waals surface area contributed by atoms with Gasteiger partial charge in [-0.3, -0.25) is 0 Å². The summed E-state index contributed by atoms with van der Waals surface area (Å²) in [5, 5.41) is 9.11. The third-order valence-corrected chi connectivity index (χ3v) is 1.97. The summed E-state index contributed by atoms with van der Waals surface area (Å²) in [4.78, 5) is 0. The highest BCUT2D eigenvalue weighted by Crippen LogP contribution is 2.24. The monoisotopic (exact) mass is 112 g/mol. The van der Waals surface area contributed by atoms with Crippen LogP contribution in [0, 0.1) is 0 Å². The summed E-state index contributed by atoms with van der Waals surface area (Å²) in [5.74, 6) is 0. The second kappa shape index (κ2) is 1.90. The molecule has 0 aromatic rings. The van der Waals surface area contributed by atoms with E-state index in [9.17, 15) is 0 Å². The van der Waals surface area contributed by atoms with E-state index in [1.807, 2.05) is 6.92 Å². The number of hydrogen-bond donors (Lipinski definition) is 1. The van der Waals surface area contributed by atoms with Gasteiger partial charge in [-0.2, -0.15) is 0 Å². The fourth-order valence-corrected chi connectivity index (χ4v) is 1.05. The van der Waals surface area contributed by atoms with E-state index in [4.69, 9.17) is 5.11 Å². The van der Waals surface area contributed by atoms with Crippen LogP contribution < -0.4 is 0 Å². The summed E-state index contributed by atoms with van der Waals surface area (Å²) in [5.41, 5.74) is 2.56. The van der Waals surface area contributed by atoms with E-state index in [0.717, 1.165) is 12.8 Å². The molecule has 1 heteroatoms. The van der Waals surface area contributed by atoms with Crippen LogP contribution in [0.3, 0.4) is 0 Å². The molecular weight excluding hydrogens is 100 g/mol. The molecule has 0 saturated carbocycles. The van der Waals surface area contributed by atoms with Gasteiger partial charge in [-0.05, 0) is 32.3 Å². The van der Waals surface area contributed by atoms with Gasteiger partial charge in [-0.25, -0.2) is 0 Å². The molecule has 0 fully saturated rings. The van der Waals surface area contributed by atoms with Crippen molar-refractivity contribution in [3.63, 3.8) is 0 Å². The first-order valence-corrected chi connectivity index (χ1v) is 3.06. The van der Waals surface area contributed by atoms with Crippen LogP contribution in [0.4, 0.5) is 0 Å². The van der Waals surface area contributed by atoms with Gasteiger partial charge >= 0.3 is 0 Å². The van der Waals surface area contributed by atoms with Crippen molar-refractivity contribution in [3.8, 4) is 0 Å². The zero-order valence-electron chi connectivity index (χ0n) is 5.44. The molecule has 0 amide bonds. The number of allylic oxidation sites excluding steroid dienone is 1. The highest BCUT2D eigenvalue weighted by Gasteiger charge is 2.15. The molecule has 0 radical (unpaired) electrons. The van der Waals surface area contributed by atoms with Crippen molar-refractivity contribution < 1.29 is 5.11 Å². The van der Waals surface area contributed by atoms with Crippen LogP contribution in [-0.4, -0.2) is 11.2 Å². The predicted octanol–water partition coefficient (Wildman–Crippen LogP) is 1.48. The van der Waals surface area contributed by atoms with Crippen molar-refractivity contribution in [2.24, 2.45) is 0 Å². The maximum absolute atomic E-state index is 9.11. The molecule has 0 aromatic carbocycles. The summed E-state index contributed by atoms with van der Waals surface area (Å²) in [6, 6.07) is 0. The normalized spacial score (nSPS) is 29.6. The van der Waals surface area contributed by atoms with Crippen LogP contribution in [0.15, 0.2) is 11.1 Å². The lowest BCUT2D eigenvalue weighted by molar-refractivity contribution is 0.212. The summed E-state index contributed by atoms with van der Waals surface area (Å²) in [6.45, 7) is 4.10. The SMILES string of the molecule is CC1=C(C)C(O)CC1. The van der Waals surface area contributed by atoms with Gasteiger partial charge in [0.25, 0.3) is 0 Å². The van der Waals surface area contributed by atoms with E-state index in [0.29, 0.717) is 0 Å². The van der Waals surface area contributed by atoms with Gasteiger partial charge in [-0.1, -0.05) is 5.57 Å². The molecule has 0 heterocycles. The highest BCUT2D eigenvalue weighted by atomic mass is 16.3. The summed E-state index contributed by atoms with van der Waals surface area (Å²) < 4.78 is 0. The van der Waals surface area contributed by atoms with Crippen molar-refractivity contribution in [2.75, 3.05) is 0 Å². The molecule has 1 rings (SSSR count). The van der Waals surface area contributed by atoms with Gasteiger partial charge in [-0.15, -0.1) is 0 Å². The van der Waals surface area contributed by atoms with Crippen molar-refractivity contribution in [1.29, 1.82) is 0 Å². The van der Waals surface area contributed by atoms with Crippen LogP contribution >= 0.6 is 0 Å². The predicted molar refractivity (Wildman–Crippen MR) is 33.6 cm³/mol. The molecule has 0 saturated heterocycles. The van der Waals surface area contributed by atoms with Crippen molar-refractivity contribution in [3.05, 3.63) is 11.1 Å². The van der Waals surface area contributed by atoms with Crippen molar-refractivity contribution >= 4 is 0 Å². The molecule has 46 valence electrons. The van der Waals surface area contributed by atoms with Crippen LogP contribution in [0.25, 0.3) is 0 Å². The number of rotatable bonds is 0. The fourth-order valence-electron chi connectivity index (χ4n) is 1.05. The minimum atomic E-state index is -0.130. The average molecular weight is 112 g/mol. The number of aliphatic hydroxyl groups is 1. The Hall–Kier alpha value is -0.300. The zero-order valence-corrected chi connectivity index (χ0v) is 5.44. The number of aliphatic hydroxyl groups excluding tert-OH is 1. The first-order valence-electron chi connectivity index (χ1n) is 3.06. The Morgan fingerprint density at radius 3 is 2.25 bits per heavy atom. The lowest BCUT2D eigenvalue weighted by Crippen LogP contribution is -2.00. The van der Waals surface area contributed by atoms with E-state index < -0.39 is 0 Å². The Labute approximate surface area is 50.0 Å². The molecule has 0 aliphatic heterocycles. The Balaban J connectivity index is 2.71. The van der Waals surface area contributed by atoms with Crippen LogP contribution in [0.1, 0.15) is 26.7 Å². The first-order chi connectivity index (χ1) is 3.72. The zero-order chi connectivity index (χ0) is 6.15. The third-order valence-electron chi connectivity index (χ3n) is 1.97. The molecular formula is C7H12O. The van der Waals surface area contributed by atoms with E-state index >= 15 is 0 Å². The molecule has 1 N–H and O–H groups in total. The quantitative estimate of drug-likeness (QED) is 0.470. The Morgan fingerprint density at radius 1 is 1.50 bits per heavy atom. The van der Waals surface area contributed by atoms with Gasteiger partial charge in [0.2, 0.25) is 0 Å². The minimum absolute atomic E-state index is 0.130. The molecule has 1 aliphatic rings. The largest absolute Gasteiger partial charge is 0.389 e. The lowest BCUT2D eigenvalue weighted by Gasteiger charge is -1.99. The number of hydrogen-bond acceptors (Lipinski definition) is 1. The molecule has 1 nitrogen and oxygen atoms in total. The van der Waals surface area contributed by atoms with Gasteiger partial charge < -0.3 is 5.11 Å². The summed E-state index contributed by atoms with van der Waals surface area (Å²) >= 11 is 0. The third kappa shape index (κ3) is 0.781. The van der Waals surface area contributed by atoms with Crippen molar-refractivity contribution in [2.45, 2.75) is 32.8 Å². The first kappa shape index (κ1) is 5.83.